The predicted octanol–water partition coefficient (Wildman–Crippen LogP) is 3.98. The summed E-state index contributed by atoms with van der Waals surface area (Å²) in [6.45, 7) is 8.72. The Kier molecular flexibility index (Phi) is 5.27. The average Bonchev–Trinajstić information content (AvgIpc) is 2.45. The van der Waals surface area contributed by atoms with Crippen LogP contribution in [0.25, 0.3) is 0 Å². The number of hydrogen-bond donors (Lipinski definition) is 0. The van der Waals surface area contributed by atoms with Crippen molar-refractivity contribution in [1.82, 2.24) is 4.90 Å². The second kappa shape index (κ2) is 6.97. The number of benzene rings is 1. The van der Waals surface area contributed by atoms with Crippen LogP contribution in [-0.2, 0) is 4.79 Å². The van der Waals surface area contributed by atoms with E-state index in [0.29, 0.717) is 18.0 Å². The Morgan fingerprint density at radius 1 is 1.19 bits per heavy atom. The van der Waals surface area contributed by atoms with Gasteiger partial charge in [0, 0.05) is 12.1 Å². The number of ether oxygens (including phenoxy) is 1. The number of carbonyl (C=O) groups is 1. The number of amides is 1. The van der Waals surface area contributed by atoms with E-state index in [4.69, 9.17) is 4.74 Å². The van der Waals surface area contributed by atoms with Crippen molar-refractivity contribution in [3.05, 3.63) is 29.8 Å². The van der Waals surface area contributed by atoms with Gasteiger partial charge in [-0.05, 0) is 56.7 Å². The van der Waals surface area contributed by atoms with E-state index in [9.17, 15) is 4.79 Å². The molecule has 1 aromatic rings. The first kappa shape index (κ1) is 15.9. The first-order valence-corrected chi connectivity index (χ1v) is 8.03. The number of carbonyl (C=O) groups excluding carboxylic acids is 1. The summed E-state index contributed by atoms with van der Waals surface area (Å²) in [4.78, 5) is 14.4. The molecule has 0 unspecified atom stereocenters. The Balaban J connectivity index is 1.91. The molecule has 2 rings (SSSR count). The van der Waals surface area contributed by atoms with Crippen LogP contribution in [0.3, 0.4) is 0 Å². The van der Waals surface area contributed by atoms with E-state index in [1.807, 2.05) is 17.0 Å². The zero-order valence-electron chi connectivity index (χ0n) is 13.6. The van der Waals surface area contributed by atoms with Crippen LogP contribution >= 0.6 is 0 Å². The summed E-state index contributed by atoms with van der Waals surface area (Å²) in [7, 11) is 0. The highest BCUT2D eigenvalue weighted by Gasteiger charge is 2.28. The SMILES string of the molecule is CC(C)c1ccc(OCC(=O)N2[C@H](C)CCC[C@@H]2C)cc1. The van der Waals surface area contributed by atoms with Gasteiger partial charge < -0.3 is 9.64 Å². The smallest absolute Gasteiger partial charge is 0.260 e. The van der Waals surface area contributed by atoms with Gasteiger partial charge in [0.2, 0.25) is 0 Å². The minimum Gasteiger partial charge on any atom is -0.484 e. The summed E-state index contributed by atoms with van der Waals surface area (Å²) in [6.07, 6.45) is 3.40. The summed E-state index contributed by atoms with van der Waals surface area (Å²) in [5.41, 5.74) is 1.28. The van der Waals surface area contributed by atoms with E-state index in [2.05, 4.69) is 39.8 Å². The summed E-state index contributed by atoms with van der Waals surface area (Å²) in [5, 5.41) is 0. The van der Waals surface area contributed by atoms with Gasteiger partial charge in [0.25, 0.3) is 5.91 Å². The van der Waals surface area contributed by atoms with Crippen molar-refractivity contribution < 1.29 is 9.53 Å². The van der Waals surface area contributed by atoms with Crippen molar-refractivity contribution in [2.75, 3.05) is 6.61 Å². The summed E-state index contributed by atoms with van der Waals surface area (Å²) < 4.78 is 5.66. The molecule has 0 aliphatic carbocycles. The lowest BCUT2D eigenvalue weighted by molar-refractivity contribution is -0.139. The molecule has 0 spiro atoms. The minimum absolute atomic E-state index is 0.0997. The quantitative estimate of drug-likeness (QED) is 0.839. The number of hydrogen-bond acceptors (Lipinski definition) is 2. The molecular weight excluding hydrogens is 262 g/mol. The van der Waals surface area contributed by atoms with Gasteiger partial charge in [-0.2, -0.15) is 0 Å². The van der Waals surface area contributed by atoms with Crippen LogP contribution in [0.4, 0.5) is 0 Å². The van der Waals surface area contributed by atoms with Crippen LogP contribution in [0, 0.1) is 0 Å². The molecule has 1 aromatic carbocycles. The fourth-order valence-electron chi connectivity index (χ4n) is 3.08. The molecule has 0 aromatic heterocycles. The summed E-state index contributed by atoms with van der Waals surface area (Å²) in [6, 6.07) is 8.69. The molecule has 1 saturated heterocycles. The molecule has 1 aliphatic heterocycles. The van der Waals surface area contributed by atoms with Crippen LogP contribution in [0.5, 0.6) is 5.75 Å². The van der Waals surface area contributed by atoms with Crippen LogP contribution in [0.1, 0.15) is 58.4 Å². The third-order valence-electron chi connectivity index (χ3n) is 4.39. The molecule has 1 aliphatic rings. The van der Waals surface area contributed by atoms with Gasteiger partial charge in [-0.3, -0.25) is 4.79 Å². The highest BCUT2D eigenvalue weighted by molar-refractivity contribution is 5.78. The highest BCUT2D eigenvalue weighted by atomic mass is 16.5. The van der Waals surface area contributed by atoms with Crippen molar-refractivity contribution in [3.8, 4) is 5.75 Å². The van der Waals surface area contributed by atoms with Gasteiger partial charge in [-0.15, -0.1) is 0 Å². The van der Waals surface area contributed by atoms with Crippen molar-refractivity contribution in [2.24, 2.45) is 0 Å². The standard InChI is InChI=1S/C18H27NO2/c1-13(2)16-8-10-17(11-9-16)21-12-18(20)19-14(3)6-5-7-15(19)4/h8-11,13-15H,5-7,12H2,1-4H3/t14-,15+. The number of likely N-dealkylation sites (tertiary alicyclic amines) is 1. The predicted molar refractivity (Wildman–Crippen MR) is 85.6 cm³/mol. The molecule has 0 radical (unpaired) electrons. The van der Waals surface area contributed by atoms with Crippen LogP contribution < -0.4 is 4.74 Å². The zero-order chi connectivity index (χ0) is 15.4. The zero-order valence-corrected chi connectivity index (χ0v) is 13.6. The number of piperidine rings is 1. The molecule has 0 N–H and O–H groups in total. The normalized spacial score (nSPS) is 22.4. The third-order valence-corrected chi connectivity index (χ3v) is 4.39. The molecule has 3 nitrogen and oxygen atoms in total. The Morgan fingerprint density at radius 2 is 1.76 bits per heavy atom. The van der Waals surface area contributed by atoms with Gasteiger partial charge in [-0.1, -0.05) is 26.0 Å². The van der Waals surface area contributed by atoms with Gasteiger partial charge in [-0.25, -0.2) is 0 Å². The van der Waals surface area contributed by atoms with Gasteiger partial charge in [0.15, 0.2) is 6.61 Å². The lowest BCUT2D eigenvalue weighted by atomic mass is 9.97. The second-order valence-electron chi connectivity index (χ2n) is 6.44. The fraction of sp³-hybridized carbons (Fsp3) is 0.611. The van der Waals surface area contributed by atoms with Crippen LogP contribution in [-0.4, -0.2) is 29.5 Å². The molecule has 1 fully saturated rings. The Morgan fingerprint density at radius 3 is 2.29 bits per heavy atom. The molecule has 3 heteroatoms. The van der Waals surface area contributed by atoms with Gasteiger partial charge in [0.1, 0.15) is 5.75 Å². The van der Waals surface area contributed by atoms with E-state index >= 15 is 0 Å². The molecule has 1 amide bonds. The van der Waals surface area contributed by atoms with Crippen molar-refractivity contribution in [3.63, 3.8) is 0 Å². The van der Waals surface area contributed by atoms with Gasteiger partial charge >= 0.3 is 0 Å². The number of nitrogens with zero attached hydrogens (tertiary/aromatic N) is 1. The highest BCUT2D eigenvalue weighted by Crippen LogP contribution is 2.23. The number of rotatable bonds is 4. The van der Waals surface area contributed by atoms with Crippen molar-refractivity contribution in [2.45, 2.75) is 65.0 Å². The van der Waals surface area contributed by atoms with Gasteiger partial charge in [0.05, 0.1) is 0 Å². The monoisotopic (exact) mass is 289 g/mol. The van der Waals surface area contributed by atoms with E-state index in [0.717, 1.165) is 18.6 Å². The second-order valence-corrected chi connectivity index (χ2v) is 6.44. The average molecular weight is 289 g/mol. The molecule has 0 bridgehead atoms. The molecule has 0 saturated carbocycles. The fourth-order valence-corrected chi connectivity index (χ4v) is 3.08. The maximum atomic E-state index is 12.4. The Labute approximate surface area is 128 Å². The van der Waals surface area contributed by atoms with E-state index in [-0.39, 0.29) is 12.5 Å². The lowest BCUT2D eigenvalue weighted by Crippen LogP contribution is -2.49. The van der Waals surface area contributed by atoms with E-state index < -0.39 is 0 Å². The van der Waals surface area contributed by atoms with E-state index in [1.54, 1.807) is 0 Å². The maximum Gasteiger partial charge on any atom is 0.260 e. The first-order valence-electron chi connectivity index (χ1n) is 8.03. The van der Waals surface area contributed by atoms with Crippen molar-refractivity contribution >= 4 is 5.91 Å². The van der Waals surface area contributed by atoms with Crippen molar-refractivity contribution in [1.29, 1.82) is 0 Å². The molecule has 21 heavy (non-hydrogen) atoms. The topological polar surface area (TPSA) is 29.5 Å². The lowest BCUT2D eigenvalue weighted by Gasteiger charge is -2.38. The Bertz CT molecular complexity index is 457. The summed E-state index contributed by atoms with van der Waals surface area (Å²) >= 11 is 0. The van der Waals surface area contributed by atoms with Crippen LogP contribution in [0.15, 0.2) is 24.3 Å². The van der Waals surface area contributed by atoms with Crippen LogP contribution in [0.2, 0.25) is 0 Å². The molecular formula is C18H27NO2. The summed E-state index contributed by atoms with van der Waals surface area (Å²) in [5.74, 6) is 1.38. The van der Waals surface area contributed by atoms with E-state index in [1.165, 1.54) is 12.0 Å². The maximum absolute atomic E-state index is 12.4. The third kappa shape index (κ3) is 3.99. The minimum atomic E-state index is 0.0997. The molecule has 2 atom stereocenters. The molecule has 116 valence electrons. The molecule has 1 heterocycles. The largest absolute Gasteiger partial charge is 0.484 e. The Hall–Kier alpha value is -1.51. The first-order chi connectivity index (χ1) is 9.99.